The lowest BCUT2D eigenvalue weighted by molar-refractivity contribution is 0.104. The van der Waals surface area contributed by atoms with Gasteiger partial charge in [-0.25, -0.2) is 0 Å². The zero-order valence-corrected chi connectivity index (χ0v) is 15.9. The topological polar surface area (TPSA) is 20.3 Å². The van der Waals surface area contributed by atoms with Gasteiger partial charge in [-0.1, -0.05) is 84.9 Å². The highest BCUT2D eigenvalue weighted by atomic mass is 31.1. The van der Waals surface area contributed by atoms with Crippen LogP contribution in [0.3, 0.4) is 0 Å². The van der Waals surface area contributed by atoms with Crippen molar-refractivity contribution in [2.24, 2.45) is 0 Å². The summed E-state index contributed by atoms with van der Waals surface area (Å²) in [6, 6.07) is 29.2. The van der Waals surface area contributed by atoms with Crippen molar-refractivity contribution < 1.29 is 4.79 Å². The Labute approximate surface area is 156 Å². The lowest BCUT2D eigenvalue weighted by atomic mass is 10.1. The Bertz CT molecular complexity index is 832. The number of allylic oxidation sites excluding steroid dienone is 1. The standard InChI is InChI=1S/C23H22NOP/c1-24(2)18-17-23(25)19-13-15-22(16-14-19)26(20-9-5-3-6-10-20)21-11-7-4-8-12-21/h3-18H,1-2H3. The van der Waals surface area contributed by atoms with E-state index in [1.165, 1.54) is 15.9 Å². The van der Waals surface area contributed by atoms with Gasteiger partial charge in [-0.2, -0.15) is 0 Å². The fraction of sp³-hybridized carbons (Fsp3) is 0.0870. The van der Waals surface area contributed by atoms with Gasteiger partial charge in [0.05, 0.1) is 0 Å². The van der Waals surface area contributed by atoms with Crippen molar-refractivity contribution in [1.29, 1.82) is 0 Å². The van der Waals surface area contributed by atoms with E-state index in [4.69, 9.17) is 0 Å². The van der Waals surface area contributed by atoms with Gasteiger partial charge in [-0.05, 0) is 23.8 Å². The number of benzene rings is 3. The maximum absolute atomic E-state index is 12.3. The monoisotopic (exact) mass is 359 g/mol. The van der Waals surface area contributed by atoms with E-state index in [-0.39, 0.29) is 5.78 Å². The molecule has 0 saturated heterocycles. The largest absolute Gasteiger partial charge is 0.383 e. The van der Waals surface area contributed by atoms with Crippen LogP contribution in [-0.4, -0.2) is 24.8 Å². The molecule has 130 valence electrons. The number of carbonyl (C=O) groups is 1. The predicted molar refractivity (Wildman–Crippen MR) is 112 cm³/mol. The van der Waals surface area contributed by atoms with Crippen LogP contribution in [0, 0.1) is 0 Å². The molecule has 26 heavy (non-hydrogen) atoms. The normalized spacial score (nSPS) is 11.0. The van der Waals surface area contributed by atoms with Gasteiger partial charge in [-0.15, -0.1) is 0 Å². The highest BCUT2D eigenvalue weighted by Gasteiger charge is 2.16. The van der Waals surface area contributed by atoms with Crippen molar-refractivity contribution in [3.63, 3.8) is 0 Å². The van der Waals surface area contributed by atoms with Gasteiger partial charge in [0.15, 0.2) is 5.78 Å². The van der Waals surface area contributed by atoms with Gasteiger partial charge < -0.3 is 4.90 Å². The Morgan fingerprint density at radius 3 is 1.65 bits per heavy atom. The van der Waals surface area contributed by atoms with Gasteiger partial charge in [0.1, 0.15) is 0 Å². The molecule has 0 N–H and O–H groups in total. The molecule has 3 rings (SSSR count). The average Bonchev–Trinajstić information content (AvgIpc) is 2.68. The molecule has 0 heterocycles. The molecule has 0 radical (unpaired) electrons. The fourth-order valence-corrected chi connectivity index (χ4v) is 4.97. The number of ketones is 1. The number of hydrogen-bond donors (Lipinski definition) is 0. The number of nitrogens with zero attached hydrogens (tertiary/aromatic N) is 1. The Balaban J connectivity index is 1.94. The zero-order valence-electron chi connectivity index (χ0n) is 15.0. The Morgan fingerprint density at radius 2 is 1.19 bits per heavy atom. The Morgan fingerprint density at radius 1 is 0.731 bits per heavy atom. The van der Waals surface area contributed by atoms with E-state index in [9.17, 15) is 4.79 Å². The summed E-state index contributed by atoms with van der Waals surface area (Å²) in [7, 11) is 3.17. The van der Waals surface area contributed by atoms with Crippen molar-refractivity contribution in [3.8, 4) is 0 Å². The van der Waals surface area contributed by atoms with Crippen LogP contribution in [0.15, 0.2) is 97.2 Å². The minimum absolute atomic E-state index is 0.0222. The van der Waals surface area contributed by atoms with Crippen LogP contribution in [-0.2, 0) is 0 Å². The van der Waals surface area contributed by atoms with Crippen molar-refractivity contribution in [1.82, 2.24) is 4.90 Å². The van der Waals surface area contributed by atoms with Crippen molar-refractivity contribution in [2.45, 2.75) is 0 Å². The van der Waals surface area contributed by atoms with Crippen LogP contribution in [0.25, 0.3) is 0 Å². The van der Waals surface area contributed by atoms with Gasteiger partial charge >= 0.3 is 0 Å². The molecule has 3 heteroatoms. The molecule has 0 aliphatic heterocycles. The van der Waals surface area contributed by atoms with Crippen LogP contribution in [0.4, 0.5) is 0 Å². The summed E-state index contributed by atoms with van der Waals surface area (Å²) in [5, 5.41) is 3.85. The minimum atomic E-state index is -0.633. The summed E-state index contributed by atoms with van der Waals surface area (Å²) >= 11 is 0. The lowest BCUT2D eigenvalue weighted by Crippen LogP contribution is -2.20. The second-order valence-electron chi connectivity index (χ2n) is 6.20. The third-order valence-corrected chi connectivity index (χ3v) is 6.41. The first-order valence-corrected chi connectivity index (χ1v) is 9.88. The first-order valence-electron chi connectivity index (χ1n) is 8.54. The zero-order chi connectivity index (χ0) is 18.4. The quantitative estimate of drug-likeness (QED) is 0.380. The molecule has 3 aromatic rings. The van der Waals surface area contributed by atoms with Crippen LogP contribution in [0.2, 0.25) is 0 Å². The molecule has 2 nitrogen and oxygen atoms in total. The van der Waals surface area contributed by atoms with Gasteiger partial charge in [0.2, 0.25) is 0 Å². The van der Waals surface area contributed by atoms with Crippen LogP contribution >= 0.6 is 7.92 Å². The Hall–Kier alpha value is -2.70. The third kappa shape index (κ3) is 4.47. The summed E-state index contributed by atoms with van der Waals surface area (Å²) in [5.41, 5.74) is 0.711. The van der Waals surface area contributed by atoms with E-state index in [1.807, 2.05) is 43.3 Å². The number of carbonyl (C=O) groups excluding carboxylic acids is 1. The Kier molecular flexibility index (Phi) is 5.99. The molecule has 0 fully saturated rings. The third-order valence-electron chi connectivity index (χ3n) is 3.96. The molecule has 3 aromatic carbocycles. The molecular weight excluding hydrogens is 337 g/mol. The van der Waals surface area contributed by atoms with Gasteiger partial charge in [0, 0.05) is 31.9 Å². The molecule has 0 aromatic heterocycles. The highest BCUT2D eigenvalue weighted by Crippen LogP contribution is 2.32. The second-order valence-corrected chi connectivity index (χ2v) is 8.42. The molecule has 0 bridgehead atoms. The second kappa shape index (κ2) is 8.60. The van der Waals surface area contributed by atoms with Crippen LogP contribution in [0.5, 0.6) is 0 Å². The summed E-state index contributed by atoms with van der Waals surface area (Å²) in [6.45, 7) is 0. The van der Waals surface area contributed by atoms with Crippen LogP contribution < -0.4 is 15.9 Å². The summed E-state index contributed by atoms with van der Waals surface area (Å²) in [4.78, 5) is 14.1. The summed E-state index contributed by atoms with van der Waals surface area (Å²) in [6.07, 6.45) is 3.38. The summed E-state index contributed by atoms with van der Waals surface area (Å²) in [5.74, 6) is 0.0222. The SMILES string of the molecule is CN(C)C=CC(=O)c1ccc(P(c2ccccc2)c2ccccc2)cc1. The predicted octanol–water partition coefficient (Wildman–Crippen LogP) is 3.70. The minimum Gasteiger partial charge on any atom is -0.383 e. The number of rotatable bonds is 6. The first-order chi connectivity index (χ1) is 12.6. The van der Waals surface area contributed by atoms with E-state index in [1.54, 1.807) is 12.3 Å². The van der Waals surface area contributed by atoms with Crippen molar-refractivity contribution in [2.75, 3.05) is 14.1 Å². The van der Waals surface area contributed by atoms with E-state index in [0.717, 1.165) is 0 Å². The maximum atomic E-state index is 12.3. The molecule has 0 spiro atoms. The van der Waals surface area contributed by atoms with Gasteiger partial charge in [-0.3, -0.25) is 4.79 Å². The molecule has 0 unspecified atom stereocenters. The van der Waals surface area contributed by atoms with E-state index < -0.39 is 7.92 Å². The molecule has 0 aliphatic rings. The smallest absolute Gasteiger partial charge is 0.187 e. The molecule has 0 aliphatic carbocycles. The maximum Gasteiger partial charge on any atom is 0.187 e. The van der Waals surface area contributed by atoms with Gasteiger partial charge in [0.25, 0.3) is 0 Å². The van der Waals surface area contributed by atoms with E-state index >= 15 is 0 Å². The molecule has 0 amide bonds. The lowest BCUT2D eigenvalue weighted by Gasteiger charge is -2.19. The highest BCUT2D eigenvalue weighted by molar-refractivity contribution is 7.79. The molecule has 0 atom stereocenters. The van der Waals surface area contributed by atoms with Crippen molar-refractivity contribution >= 4 is 29.6 Å². The van der Waals surface area contributed by atoms with Crippen molar-refractivity contribution in [3.05, 3.63) is 103 Å². The summed E-state index contributed by atoms with van der Waals surface area (Å²) < 4.78 is 0. The molecule has 0 saturated carbocycles. The average molecular weight is 359 g/mol. The van der Waals surface area contributed by atoms with E-state index in [0.29, 0.717) is 5.56 Å². The first kappa shape index (κ1) is 18.1. The van der Waals surface area contributed by atoms with E-state index in [2.05, 4.69) is 60.7 Å². The van der Waals surface area contributed by atoms with Crippen LogP contribution in [0.1, 0.15) is 10.4 Å². The fourth-order valence-electron chi connectivity index (χ4n) is 2.69. The molecular formula is C23H22NOP. The number of hydrogen-bond acceptors (Lipinski definition) is 2.